The van der Waals surface area contributed by atoms with Crippen LogP contribution in [0.5, 0.6) is 11.5 Å². The van der Waals surface area contributed by atoms with E-state index in [9.17, 15) is 4.39 Å². The standard InChI is InChI=1S/C23H31FN2O2/c1-27-22-9-6-20(18-23(22)28-2)11-15-26-13-3-12-25(16-17-26)14-10-19-4-7-21(24)8-5-19/h4-9,18H,3,10-17H2,1-2H3. The fourth-order valence-electron chi connectivity index (χ4n) is 3.73. The molecule has 0 N–H and O–H groups in total. The van der Waals surface area contributed by atoms with E-state index >= 15 is 0 Å². The third-order valence-corrected chi connectivity index (χ3v) is 5.48. The fraction of sp³-hybridized carbons (Fsp3) is 0.478. The Balaban J connectivity index is 1.44. The Bertz CT molecular complexity index is 736. The van der Waals surface area contributed by atoms with Gasteiger partial charge in [-0.2, -0.15) is 0 Å². The number of benzene rings is 2. The zero-order valence-corrected chi connectivity index (χ0v) is 17.0. The number of ether oxygens (including phenoxy) is 2. The summed E-state index contributed by atoms with van der Waals surface area (Å²) in [6.07, 6.45) is 3.18. The van der Waals surface area contributed by atoms with E-state index in [4.69, 9.17) is 9.47 Å². The minimum Gasteiger partial charge on any atom is -0.493 e. The van der Waals surface area contributed by atoms with Crippen LogP contribution in [0.25, 0.3) is 0 Å². The Morgan fingerprint density at radius 2 is 1.32 bits per heavy atom. The van der Waals surface area contributed by atoms with Crippen LogP contribution in [-0.2, 0) is 12.8 Å². The van der Waals surface area contributed by atoms with Crippen molar-refractivity contribution in [3.8, 4) is 11.5 Å². The van der Waals surface area contributed by atoms with Gasteiger partial charge in [-0.1, -0.05) is 18.2 Å². The lowest BCUT2D eigenvalue weighted by atomic mass is 10.1. The van der Waals surface area contributed by atoms with E-state index in [-0.39, 0.29) is 5.82 Å². The maximum Gasteiger partial charge on any atom is 0.160 e. The molecule has 2 aromatic carbocycles. The molecule has 5 heteroatoms. The smallest absolute Gasteiger partial charge is 0.160 e. The summed E-state index contributed by atoms with van der Waals surface area (Å²) >= 11 is 0. The molecule has 1 aliphatic rings. The van der Waals surface area contributed by atoms with Gasteiger partial charge in [0.2, 0.25) is 0 Å². The average Bonchev–Trinajstić information content (AvgIpc) is 2.97. The normalized spacial score (nSPS) is 16.0. The van der Waals surface area contributed by atoms with Crippen LogP contribution in [0, 0.1) is 5.82 Å². The molecule has 0 aliphatic carbocycles. The summed E-state index contributed by atoms with van der Waals surface area (Å²) in [5.74, 6) is 1.41. The minimum atomic E-state index is -0.163. The van der Waals surface area contributed by atoms with Crippen LogP contribution in [0.4, 0.5) is 4.39 Å². The van der Waals surface area contributed by atoms with Gasteiger partial charge < -0.3 is 19.3 Å². The number of hydrogen-bond acceptors (Lipinski definition) is 4. The number of nitrogens with zero attached hydrogens (tertiary/aromatic N) is 2. The third kappa shape index (κ3) is 5.94. The molecule has 0 spiro atoms. The topological polar surface area (TPSA) is 24.9 Å². The summed E-state index contributed by atoms with van der Waals surface area (Å²) in [6.45, 7) is 6.55. The van der Waals surface area contributed by atoms with Gasteiger partial charge in [-0.25, -0.2) is 4.39 Å². The predicted octanol–water partition coefficient (Wildman–Crippen LogP) is 3.64. The number of rotatable bonds is 8. The summed E-state index contributed by atoms with van der Waals surface area (Å²) in [4.78, 5) is 5.08. The van der Waals surface area contributed by atoms with Crippen LogP contribution < -0.4 is 9.47 Å². The molecule has 3 rings (SSSR count). The Labute approximate surface area is 167 Å². The lowest BCUT2D eigenvalue weighted by Gasteiger charge is -2.22. The highest BCUT2D eigenvalue weighted by Crippen LogP contribution is 2.27. The molecule has 0 unspecified atom stereocenters. The molecule has 0 amide bonds. The van der Waals surface area contributed by atoms with Gasteiger partial charge in [0.15, 0.2) is 11.5 Å². The Morgan fingerprint density at radius 1 is 0.750 bits per heavy atom. The minimum absolute atomic E-state index is 0.163. The van der Waals surface area contributed by atoms with Crippen molar-refractivity contribution in [3.63, 3.8) is 0 Å². The van der Waals surface area contributed by atoms with E-state index < -0.39 is 0 Å². The summed E-state index contributed by atoms with van der Waals surface area (Å²) in [7, 11) is 3.34. The van der Waals surface area contributed by atoms with Crippen LogP contribution in [-0.4, -0.2) is 63.3 Å². The zero-order valence-electron chi connectivity index (χ0n) is 17.0. The zero-order chi connectivity index (χ0) is 19.8. The first kappa shape index (κ1) is 20.6. The highest BCUT2D eigenvalue weighted by atomic mass is 19.1. The van der Waals surface area contributed by atoms with Crippen LogP contribution >= 0.6 is 0 Å². The maximum atomic E-state index is 13.0. The molecule has 1 saturated heterocycles. The van der Waals surface area contributed by atoms with Crippen molar-refractivity contribution in [2.45, 2.75) is 19.3 Å². The van der Waals surface area contributed by atoms with Crippen LogP contribution in [0.15, 0.2) is 42.5 Å². The van der Waals surface area contributed by atoms with E-state index in [1.165, 1.54) is 17.5 Å². The Hall–Kier alpha value is -2.11. The van der Waals surface area contributed by atoms with E-state index in [1.54, 1.807) is 26.4 Å². The van der Waals surface area contributed by atoms with Crippen molar-refractivity contribution in [1.29, 1.82) is 0 Å². The van der Waals surface area contributed by atoms with Crippen molar-refractivity contribution in [3.05, 3.63) is 59.4 Å². The van der Waals surface area contributed by atoms with Crippen LogP contribution in [0.3, 0.4) is 0 Å². The summed E-state index contributed by atoms with van der Waals surface area (Å²) in [6, 6.07) is 13.1. The highest BCUT2D eigenvalue weighted by Gasteiger charge is 2.15. The first-order valence-electron chi connectivity index (χ1n) is 10.1. The second-order valence-electron chi connectivity index (χ2n) is 7.35. The second-order valence-corrected chi connectivity index (χ2v) is 7.35. The molecule has 4 nitrogen and oxygen atoms in total. The maximum absolute atomic E-state index is 13.0. The number of hydrogen-bond donors (Lipinski definition) is 0. The van der Waals surface area contributed by atoms with E-state index in [1.807, 2.05) is 18.2 Å². The van der Waals surface area contributed by atoms with Crippen molar-refractivity contribution in [2.75, 3.05) is 53.5 Å². The molecule has 1 aliphatic heterocycles. The molecule has 1 fully saturated rings. The van der Waals surface area contributed by atoms with E-state index in [0.717, 1.165) is 63.6 Å². The van der Waals surface area contributed by atoms with Crippen molar-refractivity contribution < 1.29 is 13.9 Å². The average molecular weight is 387 g/mol. The van der Waals surface area contributed by atoms with E-state index in [0.29, 0.717) is 0 Å². The quantitative estimate of drug-likeness (QED) is 0.692. The van der Waals surface area contributed by atoms with Gasteiger partial charge in [-0.15, -0.1) is 0 Å². The molecule has 1 heterocycles. The predicted molar refractivity (Wildman–Crippen MR) is 111 cm³/mol. The second kappa shape index (κ2) is 10.4. The van der Waals surface area contributed by atoms with Gasteiger partial charge >= 0.3 is 0 Å². The molecule has 28 heavy (non-hydrogen) atoms. The molecule has 0 radical (unpaired) electrons. The SMILES string of the molecule is COc1ccc(CCN2CCCN(CCc3ccc(F)cc3)CC2)cc1OC. The number of halogens is 1. The summed E-state index contributed by atoms with van der Waals surface area (Å²) in [5, 5.41) is 0. The van der Waals surface area contributed by atoms with Gasteiger partial charge in [0.25, 0.3) is 0 Å². The third-order valence-electron chi connectivity index (χ3n) is 5.48. The molecular formula is C23H31FN2O2. The molecular weight excluding hydrogens is 355 g/mol. The molecule has 2 aromatic rings. The van der Waals surface area contributed by atoms with Gasteiger partial charge in [0.1, 0.15) is 5.82 Å². The lowest BCUT2D eigenvalue weighted by Crippen LogP contribution is -2.33. The fourth-order valence-corrected chi connectivity index (χ4v) is 3.73. The van der Waals surface area contributed by atoms with Crippen LogP contribution in [0.2, 0.25) is 0 Å². The molecule has 0 atom stereocenters. The van der Waals surface area contributed by atoms with Crippen LogP contribution in [0.1, 0.15) is 17.5 Å². The first-order valence-corrected chi connectivity index (χ1v) is 10.1. The molecule has 0 saturated carbocycles. The molecule has 152 valence electrons. The summed E-state index contributed by atoms with van der Waals surface area (Å²) in [5.41, 5.74) is 2.48. The van der Waals surface area contributed by atoms with E-state index in [2.05, 4.69) is 21.9 Å². The van der Waals surface area contributed by atoms with Crippen molar-refractivity contribution in [1.82, 2.24) is 9.80 Å². The van der Waals surface area contributed by atoms with Gasteiger partial charge in [-0.3, -0.25) is 0 Å². The largest absolute Gasteiger partial charge is 0.493 e. The van der Waals surface area contributed by atoms with Crippen molar-refractivity contribution in [2.24, 2.45) is 0 Å². The number of methoxy groups -OCH3 is 2. The Kier molecular flexibility index (Phi) is 7.69. The Morgan fingerprint density at radius 3 is 1.93 bits per heavy atom. The first-order chi connectivity index (χ1) is 13.7. The van der Waals surface area contributed by atoms with Gasteiger partial charge in [0.05, 0.1) is 14.2 Å². The lowest BCUT2D eigenvalue weighted by molar-refractivity contribution is 0.260. The summed E-state index contributed by atoms with van der Waals surface area (Å²) < 4.78 is 23.7. The van der Waals surface area contributed by atoms with Crippen molar-refractivity contribution >= 4 is 0 Å². The molecule has 0 aromatic heterocycles. The van der Waals surface area contributed by atoms with Gasteiger partial charge in [0, 0.05) is 26.2 Å². The highest BCUT2D eigenvalue weighted by molar-refractivity contribution is 5.42. The monoisotopic (exact) mass is 386 g/mol. The molecule has 0 bridgehead atoms. The van der Waals surface area contributed by atoms with Gasteiger partial charge in [-0.05, 0) is 67.7 Å².